The maximum absolute atomic E-state index is 12.4. The zero-order valence-corrected chi connectivity index (χ0v) is 17.2. The molecule has 1 atom stereocenters. The molecule has 1 unspecified atom stereocenters. The Morgan fingerprint density at radius 3 is 2.79 bits per heavy atom. The second-order valence-corrected chi connectivity index (χ2v) is 8.14. The molecule has 0 radical (unpaired) electrons. The van der Waals surface area contributed by atoms with Gasteiger partial charge in [-0.1, -0.05) is 12.1 Å². The van der Waals surface area contributed by atoms with Gasteiger partial charge in [-0.2, -0.15) is 10.2 Å². The first-order valence-corrected chi connectivity index (χ1v) is 9.52. The molecule has 0 spiro atoms. The van der Waals surface area contributed by atoms with Crippen LogP contribution >= 0.6 is 0 Å². The molecule has 1 aliphatic heterocycles. The average molecular weight is 394 g/mol. The molecule has 0 aliphatic carbocycles. The highest BCUT2D eigenvalue weighted by Gasteiger charge is 2.31. The monoisotopic (exact) mass is 394 g/mol. The molecule has 1 aromatic heterocycles. The van der Waals surface area contributed by atoms with Crippen LogP contribution in [0.1, 0.15) is 32.8 Å². The standard InChI is InChI=1S/C21H26N6O2/c1-21(2,3)29-20(28)26(4)16-8-9-27(13-16)18-11-17(24-19(23)25-18)15-7-5-6-14(10-15)12-22/h5-7,10-11,16H,8-9,13H2,1-4H3,(H2,23,24,25). The molecule has 0 saturated carbocycles. The van der Waals surface area contributed by atoms with Gasteiger partial charge in [-0.25, -0.2) is 9.78 Å². The first-order valence-electron chi connectivity index (χ1n) is 9.52. The number of nitriles is 1. The minimum Gasteiger partial charge on any atom is -0.444 e. The van der Waals surface area contributed by atoms with E-state index < -0.39 is 5.60 Å². The number of rotatable bonds is 3. The van der Waals surface area contributed by atoms with Crippen LogP contribution in [-0.4, -0.2) is 52.7 Å². The molecule has 3 rings (SSSR count). The van der Waals surface area contributed by atoms with Crippen LogP contribution < -0.4 is 10.6 Å². The van der Waals surface area contributed by atoms with E-state index in [9.17, 15) is 4.79 Å². The number of aromatic nitrogens is 2. The first-order chi connectivity index (χ1) is 13.7. The van der Waals surface area contributed by atoms with Gasteiger partial charge in [0, 0.05) is 31.8 Å². The van der Waals surface area contributed by atoms with E-state index in [0.29, 0.717) is 23.6 Å². The van der Waals surface area contributed by atoms with Crippen LogP contribution in [0.5, 0.6) is 0 Å². The van der Waals surface area contributed by atoms with Crippen molar-refractivity contribution in [2.24, 2.45) is 0 Å². The summed E-state index contributed by atoms with van der Waals surface area (Å²) in [4.78, 5) is 24.8. The predicted molar refractivity (Wildman–Crippen MR) is 111 cm³/mol. The van der Waals surface area contributed by atoms with E-state index in [-0.39, 0.29) is 18.1 Å². The summed E-state index contributed by atoms with van der Waals surface area (Å²) in [7, 11) is 1.76. The molecule has 1 aromatic carbocycles. The summed E-state index contributed by atoms with van der Waals surface area (Å²) in [6.45, 7) is 6.93. The summed E-state index contributed by atoms with van der Waals surface area (Å²) >= 11 is 0. The van der Waals surface area contributed by atoms with Gasteiger partial charge in [0.05, 0.1) is 23.4 Å². The van der Waals surface area contributed by atoms with Crippen molar-refractivity contribution in [2.45, 2.75) is 38.8 Å². The lowest BCUT2D eigenvalue weighted by molar-refractivity contribution is 0.0238. The predicted octanol–water partition coefficient (Wildman–Crippen LogP) is 3.04. The number of carbonyl (C=O) groups is 1. The molecule has 152 valence electrons. The molecule has 1 amide bonds. The third-order valence-corrected chi connectivity index (χ3v) is 4.73. The normalized spacial score (nSPS) is 16.4. The van der Waals surface area contributed by atoms with E-state index in [1.807, 2.05) is 39.0 Å². The fourth-order valence-electron chi connectivity index (χ4n) is 3.26. The minimum atomic E-state index is -0.530. The minimum absolute atomic E-state index is 0.0198. The van der Waals surface area contributed by atoms with Crippen molar-refractivity contribution in [1.82, 2.24) is 14.9 Å². The molecule has 29 heavy (non-hydrogen) atoms. The van der Waals surface area contributed by atoms with Gasteiger partial charge in [-0.05, 0) is 39.3 Å². The van der Waals surface area contributed by atoms with E-state index in [0.717, 1.165) is 18.5 Å². The number of likely N-dealkylation sites (N-methyl/N-ethyl adjacent to an activating group) is 1. The Morgan fingerprint density at radius 1 is 1.34 bits per heavy atom. The number of anilines is 2. The van der Waals surface area contributed by atoms with E-state index in [4.69, 9.17) is 15.7 Å². The molecule has 2 N–H and O–H groups in total. The van der Waals surface area contributed by atoms with Gasteiger partial charge in [-0.3, -0.25) is 0 Å². The van der Waals surface area contributed by atoms with E-state index >= 15 is 0 Å². The van der Waals surface area contributed by atoms with Crippen molar-refractivity contribution in [1.29, 1.82) is 5.26 Å². The highest BCUT2D eigenvalue weighted by molar-refractivity contribution is 5.69. The SMILES string of the molecule is CN(C(=O)OC(C)(C)C)C1CCN(c2cc(-c3cccc(C#N)c3)nc(N)n2)C1. The number of nitrogen functional groups attached to an aromatic ring is 1. The topological polar surface area (TPSA) is 108 Å². The Labute approximate surface area is 170 Å². The third-order valence-electron chi connectivity index (χ3n) is 4.73. The number of hydrogen-bond donors (Lipinski definition) is 1. The summed E-state index contributed by atoms with van der Waals surface area (Å²) in [5.41, 5.74) is 7.44. The maximum atomic E-state index is 12.4. The number of carbonyl (C=O) groups excluding carboxylic acids is 1. The molecule has 1 fully saturated rings. The smallest absolute Gasteiger partial charge is 0.410 e. The molecule has 1 saturated heterocycles. The van der Waals surface area contributed by atoms with Crippen molar-refractivity contribution < 1.29 is 9.53 Å². The second kappa shape index (κ2) is 7.95. The zero-order chi connectivity index (χ0) is 21.2. The molecule has 2 heterocycles. The Balaban J connectivity index is 1.77. The Bertz CT molecular complexity index is 947. The van der Waals surface area contributed by atoms with E-state index in [1.54, 1.807) is 24.1 Å². The van der Waals surface area contributed by atoms with Gasteiger partial charge in [0.15, 0.2) is 0 Å². The van der Waals surface area contributed by atoms with Crippen molar-refractivity contribution in [3.05, 3.63) is 35.9 Å². The van der Waals surface area contributed by atoms with E-state index in [2.05, 4.69) is 20.9 Å². The lowest BCUT2D eigenvalue weighted by Crippen LogP contribution is -2.42. The third kappa shape index (κ3) is 4.93. The van der Waals surface area contributed by atoms with Gasteiger partial charge in [0.25, 0.3) is 0 Å². The lowest BCUT2D eigenvalue weighted by atomic mass is 10.1. The molecule has 0 bridgehead atoms. The van der Waals surface area contributed by atoms with Crippen LogP contribution in [0.3, 0.4) is 0 Å². The Morgan fingerprint density at radius 2 is 2.10 bits per heavy atom. The molecule has 8 nitrogen and oxygen atoms in total. The van der Waals surface area contributed by atoms with Gasteiger partial charge >= 0.3 is 6.09 Å². The van der Waals surface area contributed by atoms with Crippen molar-refractivity contribution in [3.8, 4) is 17.3 Å². The number of amides is 1. The van der Waals surface area contributed by atoms with Gasteiger partial charge in [0.1, 0.15) is 11.4 Å². The average Bonchev–Trinajstić information content (AvgIpc) is 3.16. The van der Waals surface area contributed by atoms with Crippen molar-refractivity contribution in [3.63, 3.8) is 0 Å². The molecular formula is C21H26N6O2. The Hall–Kier alpha value is -3.34. The van der Waals surface area contributed by atoms with Crippen molar-refractivity contribution >= 4 is 17.9 Å². The summed E-state index contributed by atoms with van der Waals surface area (Å²) in [6.07, 6.45) is 0.472. The Kier molecular flexibility index (Phi) is 5.59. The largest absolute Gasteiger partial charge is 0.444 e. The molecule has 2 aromatic rings. The summed E-state index contributed by atoms with van der Waals surface area (Å²) < 4.78 is 5.47. The molecule has 1 aliphatic rings. The highest BCUT2D eigenvalue weighted by atomic mass is 16.6. The first kappa shape index (κ1) is 20.4. The number of ether oxygens (including phenoxy) is 1. The fraction of sp³-hybridized carbons (Fsp3) is 0.429. The summed E-state index contributed by atoms with van der Waals surface area (Å²) in [5, 5.41) is 9.13. The van der Waals surface area contributed by atoms with Crippen LogP contribution in [0.2, 0.25) is 0 Å². The highest BCUT2D eigenvalue weighted by Crippen LogP contribution is 2.27. The summed E-state index contributed by atoms with van der Waals surface area (Å²) in [5.74, 6) is 0.874. The fourth-order valence-corrected chi connectivity index (χ4v) is 3.26. The van der Waals surface area contributed by atoms with Crippen LogP contribution in [-0.2, 0) is 4.74 Å². The second-order valence-electron chi connectivity index (χ2n) is 8.14. The van der Waals surface area contributed by atoms with Gasteiger partial charge in [0.2, 0.25) is 5.95 Å². The zero-order valence-electron chi connectivity index (χ0n) is 17.2. The van der Waals surface area contributed by atoms with Crippen molar-refractivity contribution in [2.75, 3.05) is 30.8 Å². The summed E-state index contributed by atoms with van der Waals surface area (Å²) in [6, 6.07) is 11.2. The van der Waals surface area contributed by atoms with E-state index in [1.165, 1.54) is 0 Å². The van der Waals surface area contributed by atoms with Gasteiger partial charge in [-0.15, -0.1) is 0 Å². The van der Waals surface area contributed by atoms with Crippen LogP contribution in [0, 0.1) is 11.3 Å². The van der Waals surface area contributed by atoms with Crippen LogP contribution in [0.4, 0.5) is 16.6 Å². The number of benzene rings is 1. The maximum Gasteiger partial charge on any atom is 0.410 e. The number of hydrogen-bond acceptors (Lipinski definition) is 7. The number of nitrogens with two attached hydrogens (primary N) is 1. The quantitative estimate of drug-likeness (QED) is 0.852. The number of nitrogens with zero attached hydrogens (tertiary/aromatic N) is 5. The molecular weight excluding hydrogens is 368 g/mol. The van der Waals surface area contributed by atoms with Gasteiger partial charge < -0.3 is 20.3 Å². The molecule has 8 heteroatoms. The van der Waals surface area contributed by atoms with Crippen LogP contribution in [0.15, 0.2) is 30.3 Å². The van der Waals surface area contributed by atoms with Crippen LogP contribution in [0.25, 0.3) is 11.3 Å². The lowest BCUT2D eigenvalue weighted by Gasteiger charge is -2.28.